The van der Waals surface area contributed by atoms with Crippen molar-refractivity contribution in [2.45, 2.75) is 36.1 Å². The second-order valence-electron chi connectivity index (χ2n) is 7.57. The van der Waals surface area contributed by atoms with Crippen molar-refractivity contribution in [3.8, 4) is 0 Å². The van der Waals surface area contributed by atoms with Gasteiger partial charge >= 0.3 is 0 Å². The first-order chi connectivity index (χ1) is 14.4. The Kier molecular flexibility index (Phi) is 5.68. The average Bonchev–Trinajstić information content (AvgIpc) is 3.57. The SMILES string of the molecule is O=C(c1cccc(CS(=O)(=O)c2ccccc2)c1)N(Cc1cccc(F)c1)C1CC1. The van der Waals surface area contributed by atoms with E-state index in [-0.39, 0.29) is 28.4 Å². The first kappa shape index (κ1) is 20.3. The fraction of sp³-hybridized carbons (Fsp3) is 0.208. The molecule has 1 amide bonds. The molecule has 3 aromatic rings. The molecule has 0 bridgehead atoms. The molecule has 0 N–H and O–H groups in total. The number of nitrogens with zero attached hydrogens (tertiary/aromatic N) is 1. The summed E-state index contributed by atoms with van der Waals surface area (Å²) in [4.78, 5) is 15.2. The summed E-state index contributed by atoms with van der Waals surface area (Å²) >= 11 is 0. The third-order valence-corrected chi connectivity index (χ3v) is 6.83. The predicted molar refractivity (Wildman–Crippen MR) is 113 cm³/mol. The number of hydrogen-bond donors (Lipinski definition) is 0. The maximum atomic E-state index is 13.5. The highest BCUT2D eigenvalue weighted by atomic mass is 32.2. The van der Waals surface area contributed by atoms with Gasteiger partial charge < -0.3 is 4.90 Å². The van der Waals surface area contributed by atoms with E-state index >= 15 is 0 Å². The zero-order valence-electron chi connectivity index (χ0n) is 16.4. The molecule has 0 spiro atoms. The summed E-state index contributed by atoms with van der Waals surface area (Å²) in [6.07, 6.45) is 1.84. The molecule has 1 saturated carbocycles. The van der Waals surface area contributed by atoms with Crippen LogP contribution in [0.5, 0.6) is 0 Å². The van der Waals surface area contributed by atoms with Crippen LogP contribution in [0.4, 0.5) is 4.39 Å². The Balaban J connectivity index is 1.55. The maximum Gasteiger partial charge on any atom is 0.254 e. The number of amides is 1. The molecule has 0 aromatic heterocycles. The van der Waals surface area contributed by atoms with Gasteiger partial charge in [0.1, 0.15) is 5.82 Å². The minimum Gasteiger partial charge on any atom is -0.331 e. The lowest BCUT2D eigenvalue weighted by molar-refractivity contribution is 0.0729. The summed E-state index contributed by atoms with van der Waals surface area (Å²) < 4.78 is 38.9. The van der Waals surface area contributed by atoms with E-state index in [0.717, 1.165) is 18.4 Å². The summed E-state index contributed by atoms with van der Waals surface area (Å²) in [5, 5.41) is 0. The molecular formula is C24H22FNO3S. The van der Waals surface area contributed by atoms with Crippen molar-refractivity contribution in [3.05, 3.63) is 101 Å². The van der Waals surface area contributed by atoms with Crippen LogP contribution < -0.4 is 0 Å². The Labute approximate surface area is 175 Å². The van der Waals surface area contributed by atoms with Gasteiger partial charge in [-0.15, -0.1) is 0 Å². The van der Waals surface area contributed by atoms with E-state index in [1.54, 1.807) is 71.6 Å². The summed E-state index contributed by atoms with van der Waals surface area (Å²) in [5.41, 5.74) is 1.74. The molecule has 0 aliphatic heterocycles. The molecule has 6 heteroatoms. The Morgan fingerprint density at radius 1 is 0.900 bits per heavy atom. The van der Waals surface area contributed by atoms with Crippen molar-refractivity contribution in [2.24, 2.45) is 0 Å². The smallest absolute Gasteiger partial charge is 0.254 e. The number of sulfone groups is 1. The van der Waals surface area contributed by atoms with E-state index in [2.05, 4.69) is 0 Å². The third-order valence-electron chi connectivity index (χ3n) is 5.12. The van der Waals surface area contributed by atoms with Crippen LogP contribution in [0.15, 0.2) is 83.8 Å². The molecule has 3 aromatic carbocycles. The minimum absolute atomic E-state index is 0.137. The molecule has 1 fully saturated rings. The van der Waals surface area contributed by atoms with Gasteiger partial charge in [0, 0.05) is 18.2 Å². The first-order valence-corrected chi connectivity index (χ1v) is 11.5. The van der Waals surface area contributed by atoms with Crippen LogP contribution in [0, 0.1) is 5.82 Å². The van der Waals surface area contributed by atoms with Gasteiger partial charge in [-0.05, 0) is 60.4 Å². The number of rotatable bonds is 7. The Morgan fingerprint density at radius 2 is 1.60 bits per heavy atom. The van der Waals surface area contributed by atoms with Crippen molar-refractivity contribution < 1.29 is 17.6 Å². The zero-order chi connectivity index (χ0) is 21.1. The fourth-order valence-electron chi connectivity index (χ4n) is 3.48. The Morgan fingerprint density at radius 3 is 2.30 bits per heavy atom. The van der Waals surface area contributed by atoms with Gasteiger partial charge in [-0.25, -0.2) is 12.8 Å². The lowest BCUT2D eigenvalue weighted by Gasteiger charge is -2.23. The summed E-state index contributed by atoms with van der Waals surface area (Å²) in [7, 11) is -3.50. The van der Waals surface area contributed by atoms with Crippen LogP contribution in [0.3, 0.4) is 0 Å². The largest absolute Gasteiger partial charge is 0.331 e. The summed E-state index contributed by atoms with van der Waals surface area (Å²) in [6.45, 7) is 0.327. The monoisotopic (exact) mass is 423 g/mol. The third kappa shape index (κ3) is 4.76. The van der Waals surface area contributed by atoms with Crippen molar-refractivity contribution in [1.82, 2.24) is 4.90 Å². The average molecular weight is 424 g/mol. The molecule has 4 nitrogen and oxygen atoms in total. The molecule has 154 valence electrons. The van der Waals surface area contributed by atoms with Crippen LogP contribution in [0.1, 0.15) is 34.3 Å². The number of carbonyl (C=O) groups is 1. The molecule has 1 aliphatic carbocycles. The molecule has 0 saturated heterocycles. The topological polar surface area (TPSA) is 54.5 Å². The number of halogens is 1. The van der Waals surface area contributed by atoms with Gasteiger partial charge in [0.25, 0.3) is 5.91 Å². The van der Waals surface area contributed by atoms with Gasteiger partial charge in [0.05, 0.1) is 10.6 Å². The summed E-state index contributed by atoms with van der Waals surface area (Å²) in [6, 6.07) is 21.4. The number of benzene rings is 3. The van der Waals surface area contributed by atoms with Crippen LogP contribution in [0.25, 0.3) is 0 Å². The van der Waals surface area contributed by atoms with Gasteiger partial charge in [0.15, 0.2) is 9.84 Å². The highest BCUT2D eigenvalue weighted by Crippen LogP contribution is 2.30. The molecular weight excluding hydrogens is 401 g/mol. The molecule has 0 atom stereocenters. The lowest BCUT2D eigenvalue weighted by atomic mass is 10.1. The van der Waals surface area contributed by atoms with Crippen LogP contribution >= 0.6 is 0 Å². The Hall–Kier alpha value is -2.99. The zero-order valence-corrected chi connectivity index (χ0v) is 17.2. The van der Waals surface area contributed by atoms with Gasteiger partial charge in [-0.1, -0.05) is 42.5 Å². The first-order valence-electron chi connectivity index (χ1n) is 9.84. The molecule has 30 heavy (non-hydrogen) atoms. The quantitative estimate of drug-likeness (QED) is 0.558. The van der Waals surface area contributed by atoms with Crippen LogP contribution in [-0.4, -0.2) is 25.3 Å². The molecule has 4 rings (SSSR count). The predicted octanol–water partition coefficient (Wildman–Crippen LogP) is 4.60. The minimum atomic E-state index is -3.50. The highest BCUT2D eigenvalue weighted by Gasteiger charge is 2.33. The van der Waals surface area contributed by atoms with E-state index < -0.39 is 9.84 Å². The fourth-order valence-corrected chi connectivity index (χ4v) is 4.83. The van der Waals surface area contributed by atoms with E-state index in [1.807, 2.05) is 0 Å². The van der Waals surface area contributed by atoms with Crippen LogP contribution in [-0.2, 0) is 22.1 Å². The van der Waals surface area contributed by atoms with Crippen LogP contribution in [0.2, 0.25) is 0 Å². The van der Waals surface area contributed by atoms with Crippen molar-refractivity contribution in [2.75, 3.05) is 0 Å². The van der Waals surface area contributed by atoms with E-state index in [1.165, 1.54) is 12.1 Å². The standard InChI is InChI=1S/C24H22FNO3S/c25-21-9-5-6-18(15-21)16-26(22-12-13-22)24(27)20-8-4-7-19(14-20)17-30(28,29)23-10-2-1-3-11-23/h1-11,14-15,22H,12-13,16-17H2. The number of hydrogen-bond acceptors (Lipinski definition) is 3. The second kappa shape index (κ2) is 8.40. The van der Waals surface area contributed by atoms with E-state index in [9.17, 15) is 17.6 Å². The number of carbonyl (C=O) groups excluding carboxylic acids is 1. The van der Waals surface area contributed by atoms with Crippen molar-refractivity contribution >= 4 is 15.7 Å². The van der Waals surface area contributed by atoms with Crippen molar-refractivity contribution in [3.63, 3.8) is 0 Å². The van der Waals surface area contributed by atoms with Gasteiger partial charge in [-0.2, -0.15) is 0 Å². The van der Waals surface area contributed by atoms with Crippen molar-refractivity contribution in [1.29, 1.82) is 0 Å². The highest BCUT2D eigenvalue weighted by molar-refractivity contribution is 7.90. The lowest BCUT2D eigenvalue weighted by Crippen LogP contribution is -2.32. The van der Waals surface area contributed by atoms with E-state index in [4.69, 9.17) is 0 Å². The molecule has 0 unspecified atom stereocenters. The molecule has 0 heterocycles. The Bertz CT molecular complexity index is 1160. The van der Waals surface area contributed by atoms with Gasteiger partial charge in [-0.3, -0.25) is 4.79 Å². The normalized spacial score (nSPS) is 13.8. The van der Waals surface area contributed by atoms with E-state index in [0.29, 0.717) is 17.7 Å². The molecule has 1 aliphatic rings. The molecule has 0 radical (unpaired) electrons. The second-order valence-corrected chi connectivity index (χ2v) is 9.56. The maximum absolute atomic E-state index is 13.5. The summed E-state index contributed by atoms with van der Waals surface area (Å²) in [5.74, 6) is -0.671. The van der Waals surface area contributed by atoms with Gasteiger partial charge in [0.2, 0.25) is 0 Å².